The number of quaternary nitrogens is 1. The van der Waals surface area contributed by atoms with Crippen molar-refractivity contribution < 1.29 is 22.7 Å². The van der Waals surface area contributed by atoms with Crippen LogP contribution in [0.2, 0.25) is 0 Å². The standard InChI is InChI=1S/C29H36NO4S/c1-29(2)20-35(32,33)26-9-7-6-8-25(26)27(28(29)31)23-14-16-24(17-15-23)34-19-22-12-10-21(11-13-22)18-30(3,4)5/h6-17,27-28,31H,18-20H2,1-5H3/q+1/t27-,28-/m0/s1. The number of ether oxygens (including phenoxy) is 1. The molecule has 2 atom stereocenters. The van der Waals surface area contributed by atoms with E-state index in [1.165, 1.54) is 5.56 Å². The first-order valence-electron chi connectivity index (χ1n) is 12.0. The van der Waals surface area contributed by atoms with Gasteiger partial charge in [0.15, 0.2) is 9.84 Å². The van der Waals surface area contributed by atoms with Crippen molar-refractivity contribution in [2.45, 2.75) is 43.9 Å². The van der Waals surface area contributed by atoms with E-state index in [1.54, 1.807) is 12.1 Å². The number of hydrogen-bond acceptors (Lipinski definition) is 4. The maximum absolute atomic E-state index is 13.1. The Labute approximate surface area is 209 Å². The Morgan fingerprint density at radius 1 is 0.914 bits per heavy atom. The lowest BCUT2D eigenvalue weighted by Gasteiger charge is -2.33. The molecular weight excluding hydrogens is 458 g/mol. The molecule has 0 unspecified atom stereocenters. The van der Waals surface area contributed by atoms with Gasteiger partial charge >= 0.3 is 0 Å². The molecule has 0 saturated carbocycles. The first-order chi connectivity index (χ1) is 16.4. The fourth-order valence-corrected chi connectivity index (χ4v) is 7.03. The summed E-state index contributed by atoms with van der Waals surface area (Å²) in [6, 6.07) is 23.2. The Kier molecular flexibility index (Phi) is 6.84. The van der Waals surface area contributed by atoms with Gasteiger partial charge in [-0.25, -0.2) is 8.42 Å². The number of aliphatic hydroxyl groups is 1. The Morgan fingerprint density at radius 2 is 1.51 bits per heavy atom. The molecule has 0 radical (unpaired) electrons. The fourth-order valence-electron chi connectivity index (χ4n) is 4.88. The summed E-state index contributed by atoms with van der Waals surface area (Å²) in [6.07, 6.45) is -0.849. The molecule has 4 rings (SSSR count). The number of rotatable bonds is 6. The zero-order chi connectivity index (χ0) is 25.4. The number of hydrogen-bond donors (Lipinski definition) is 1. The zero-order valence-electron chi connectivity index (χ0n) is 21.2. The van der Waals surface area contributed by atoms with Crippen molar-refractivity contribution in [3.05, 3.63) is 95.1 Å². The molecule has 0 bridgehead atoms. The lowest BCUT2D eigenvalue weighted by Crippen LogP contribution is -2.37. The minimum Gasteiger partial charge on any atom is -0.489 e. The van der Waals surface area contributed by atoms with Crippen LogP contribution in [0.15, 0.2) is 77.7 Å². The van der Waals surface area contributed by atoms with Crippen LogP contribution >= 0.6 is 0 Å². The van der Waals surface area contributed by atoms with Gasteiger partial charge in [0.1, 0.15) is 18.9 Å². The fraction of sp³-hybridized carbons (Fsp3) is 0.379. The molecule has 1 aliphatic rings. The Bertz CT molecular complexity index is 1270. The third-order valence-electron chi connectivity index (χ3n) is 6.59. The molecule has 35 heavy (non-hydrogen) atoms. The summed E-state index contributed by atoms with van der Waals surface area (Å²) in [5, 5.41) is 11.3. The van der Waals surface area contributed by atoms with Gasteiger partial charge in [-0.2, -0.15) is 0 Å². The van der Waals surface area contributed by atoms with E-state index in [0.29, 0.717) is 17.1 Å². The first kappa shape index (κ1) is 25.4. The van der Waals surface area contributed by atoms with Crippen molar-refractivity contribution in [3.63, 3.8) is 0 Å². The second-order valence-corrected chi connectivity index (χ2v) is 13.3. The number of benzene rings is 3. The summed E-state index contributed by atoms with van der Waals surface area (Å²) in [7, 11) is 3.02. The molecule has 186 valence electrons. The van der Waals surface area contributed by atoms with E-state index in [0.717, 1.165) is 27.9 Å². The molecule has 0 spiro atoms. The average molecular weight is 495 g/mol. The minimum atomic E-state index is -3.51. The highest BCUT2D eigenvalue weighted by Gasteiger charge is 2.44. The summed E-state index contributed by atoms with van der Waals surface area (Å²) in [6.45, 7) is 5.07. The lowest BCUT2D eigenvalue weighted by atomic mass is 9.75. The van der Waals surface area contributed by atoms with Gasteiger partial charge in [0.2, 0.25) is 0 Å². The van der Waals surface area contributed by atoms with Gasteiger partial charge in [-0.1, -0.05) is 68.4 Å². The summed E-state index contributed by atoms with van der Waals surface area (Å²) < 4.78 is 33.0. The summed E-state index contributed by atoms with van der Waals surface area (Å²) in [5.74, 6) is 0.192. The molecule has 0 fully saturated rings. The lowest BCUT2D eigenvalue weighted by molar-refractivity contribution is -0.884. The molecule has 1 heterocycles. The number of fused-ring (bicyclic) bond motifs is 1. The van der Waals surface area contributed by atoms with Gasteiger partial charge in [-0.15, -0.1) is 0 Å². The molecule has 5 nitrogen and oxygen atoms in total. The van der Waals surface area contributed by atoms with Crippen LogP contribution in [0.1, 0.15) is 42.0 Å². The average Bonchev–Trinajstić information content (AvgIpc) is 2.83. The van der Waals surface area contributed by atoms with E-state index in [4.69, 9.17) is 4.74 Å². The van der Waals surface area contributed by atoms with Crippen LogP contribution in [0.25, 0.3) is 0 Å². The quantitative estimate of drug-likeness (QED) is 0.501. The van der Waals surface area contributed by atoms with Crippen LogP contribution in [0, 0.1) is 5.41 Å². The van der Waals surface area contributed by atoms with E-state index in [9.17, 15) is 13.5 Å². The first-order valence-corrected chi connectivity index (χ1v) is 13.6. The molecule has 0 aromatic heterocycles. The summed E-state index contributed by atoms with van der Waals surface area (Å²) in [5.41, 5.74) is 3.10. The van der Waals surface area contributed by atoms with Crippen molar-refractivity contribution in [2.75, 3.05) is 26.9 Å². The third-order valence-corrected chi connectivity index (χ3v) is 8.76. The molecule has 0 aliphatic carbocycles. The summed E-state index contributed by atoms with van der Waals surface area (Å²) >= 11 is 0. The largest absolute Gasteiger partial charge is 0.489 e. The predicted octanol–water partition coefficient (Wildman–Crippen LogP) is 4.78. The van der Waals surface area contributed by atoms with Crippen LogP contribution in [-0.2, 0) is 23.0 Å². The topological polar surface area (TPSA) is 63.6 Å². The Balaban J connectivity index is 1.54. The minimum absolute atomic E-state index is 0.0938. The summed E-state index contributed by atoms with van der Waals surface area (Å²) in [4.78, 5) is 0.309. The smallest absolute Gasteiger partial charge is 0.179 e. The Morgan fingerprint density at radius 3 is 2.14 bits per heavy atom. The van der Waals surface area contributed by atoms with Gasteiger partial charge in [-0.05, 0) is 34.9 Å². The zero-order valence-corrected chi connectivity index (χ0v) is 22.0. The number of aliphatic hydroxyl groups excluding tert-OH is 1. The van der Waals surface area contributed by atoms with Gasteiger partial charge in [0.05, 0.1) is 37.9 Å². The normalized spacial score (nSPS) is 21.1. The monoisotopic (exact) mass is 494 g/mol. The maximum Gasteiger partial charge on any atom is 0.179 e. The van der Waals surface area contributed by atoms with Crippen molar-refractivity contribution >= 4 is 9.84 Å². The van der Waals surface area contributed by atoms with Crippen molar-refractivity contribution in [1.29, 1.82) is 0 Å². The van der Waals surface area contributed by atoms with E-state index >= 15 is 0 Å². The number of sulfone groups is 1. The molecule has 3 aromatic rings. The van der Waals surface area contributed by atoms with Crippen molar-refractivity contribution in [2.24, 2.45) is 5.41 Å². The van der Waals surface area contributed by atoms with Crippen LogP contribution < -0.4 is 4.74 Å². The van der Waals surface area contributed by atoms with Crippen LogP contribution in [0.3, 0.4) is 0 Å². The van der Waals surface area contributed by atoms with Gasteiger partial charge < -0.3 is 14.3 Å². The SMILES string of the molecule is CC1(C)CS(=O)(=O)c2ccccc2[C@H](c2ccc(OCc3ccc(C[N+](C)(C)C)cc3)cc2)[C@@H]1O. The second kappa shape index (κ2) is 9.41. The molecule has 3 aromatic carbocycles. The van der Waals surface area contributed by atoms with Crippen LogP contribution in [0.4, 0.5) is 0 Å². The highest BCUT2D eigenvalue weighted by molar-refractivity contribution is 7.91. The number of nitrogens with zero attached hydrogens (tertiary/aromatic N) is 1. The predicted molar refractivity (Wildman–Crippen MR) is 139 cm³/mol. The van der Waals surface area contributed by atoms with Crippen LogP contribution in [-0.4, -0.2) is 51.0 Å². The van der Waals surface area contributed by atoms with Gasteiger partial charge in [0.25, 0.3) is 0 Å². The maximum atomic E-state index is 13.1. The molecule has 0 amide bonds. The molecule has 6 heteroatoms. The highest BCUT2D eigenvalue weighted by atomic mass is 32.2. The third kappa shape index (κ3) is 5.77. The molecular formula is C29H36NO4S+. The molecule has 1 aliphatic heterocycles. The van der Waals surface area contributed by atoms with E-state index < -0.39 is 27.3 Å². The highest BCUT2D eigenvalue weighted by Crippen LogP contribution is 2.44. The van der Waals surface area contributed by atoms with E-state index in [2.05, 4.69) is 45.4 Å². The second-order valence-electron chi connectivity index (χ2n) is 11.3. The van der Waals surface area contributed by atoms with E-state index in [-0.39, 0.29) is 5.75 Å². The molecule has 0 saturated heterocycles. The van der Waals surface area contributed by atoms with E-state index in [1.807, 2.05) is 50.2 Å². The van der Waals surface area contributed by atoms with Crippen molar-refractivity contribution in [1.82, 2.24) is 0 Å². The van der Waals surface area contributed by atoms with Gasteiger partial charge in [0, 0.05) is 16.9 Å². The van der Waals surface area contributed by atoms with Gasteiger partial charge in [-0.3, -0.25) is 0 Å². The van der Waals surface area contributed by atoms with Crippen molar-refractivity contribution in [3.8, 4) is 5.75 Å². The van der Waals surface area contributed by atoms with Crippen LogP contribution in [0.5, 0.6) is 5.75 Å². The Hall–Kier alpha value is -2.67. The molecule has 1 N–H and O–H groups in total.